The van der Waals surface area contributed by atoms with E-state index < -0.39 is 5.97 Å². The van der Waals surface area contributed by atoms with Gasteiger partial charge in [0.1, 0.15) is 0 Å². The molecule has 1 aromatic carbocycles. The van der Waals surface area contributed by atoms with E-state index in [1.54, 1.807) is 30.3 Å². The number of benzene rings is 1. The standard InChI is InChI=1S/C7H6O2.CH4N2/c8-7(9)6-4-2-1-3-5-6;2-1-3/h1-5H,(H,8,9);1H,(H3,2,3). The third-order valence-electron chi connectivity index (χ3n) is 1.02. The highest BCUT2D eigenvalue weighted by atomic mass is 16.4. The molecule has 0 radical (unpaired) electrons. The van der Waals surface area contributed by atoms with E-state index in [0.29, 0.717) is 5.56 Å². The molecule has 0 atom stereocenters. The fraction of sp³-hybridized carbons (Fsp3) is 0. The summed E-state index contributed by atoms with van der Waals surface area (Å²) in [4.78, 5) is 10.2. The van der Waals surface area contributed by atoms with Crippen LogP contribution in [-0.4, -0.2) is 17.4 Å². The molecule has 0 spiro atoms. The molecule has 0 bridgehead atoms. The number of carboxylic acid groups (broad SMARTS) is 1. The first kappa shape index (κ1) is 10.2. The number of carbonyl (C=O) groups is 1. The molecule has 4 nitrogen and oxygen atoms in total. The number of hydrogen-bond donors (Lipinski definition) is 3. The minimum absolute atomic E-state index is 0.331. The van der Waals surface area contributed by atoms with Crippen LogP contribution in [0.15, 0.2) is 30.3 Å². The molecule has 1 rings (SSSR count). The van der Waals surface area contributed by atoms with Crippen LogP contribution in [0.1, 0.15) is 10.4 Å². The Morgan fingerprint density at radius 3 is 2.08 bits per heavy atom. The summed E-state index contributed by atoms with van der Waals surface area (Å²) < 4.78 is 0. The summed E-state index contributed by atoms with van der Waals surface area (Å²) in [6.07, 6.45) is 0.750. The molecule has 0 amide bonds. The highest BCUT2D eigenvalue weighted by Crippen LogP contribution is 1.96. The minimum Gasteiger partial charge on any atom is -0.478 e. The predicted molar refractivity (Wildman–Crippen MR) is 46.4 cm³/mol. The summed E-state index contributed by atoms with van der Waals surface area (Å²) in [5.41, 5.74) is 4.72. The first-order chi connectivity index (χ1) is 5.72. The van der Waals surface area contributed by atoms with Gasteiger partial charge >= 0.3 is 5.97 Å². The Morgan fingerprint density at radius 2 is 1.83 bits per heavy atom. The molecule has 0 aliphatic rings. The Labute approximate surface area is 70.1 Å². The van der Waals surface area contributed by atoms with Gasteiger partial charge in [0, 0.05) is 0 Å². The van der Waals surface area contributed by atoms with Crippen LogP contribution in [0, 0.1) is 5.41 Å². The van der Waals surface area contributed by atoms with Gasteiger partial charge in [-0.25, -0.2) is 4.79 Å². The zero-order valence-electron chi connectivity index (χ0n) is 6.40. The monoisotopic (exact) mass is 166 g/mol. The summed E-state index contributed by atoms with van der Waals surface area (Å²) in [5.74, 6) is -0.879. The van der Waals surface area contributed by atoms with Gasteiger partial charge in [-0.15, -0.1) is 0 Å². The van der Waals surface area contributed by atoms with E-state index in [1.165, 1.54) is 0 Å². The van der Waals surface area contributed by atoms with Gasteiger partial charge in [0.05, 0.1) is 11.9 Å². The van der Waals surface area contributed by atoms with Crippen molar-refractivity contribution >= 4 is 12.3 Å². The van der Waals surface area contributed by atoms with Gasteiger partial charge in [-0.1, -0.05) is 18.2 Å². The van der Waals surface area contributed by atoms with Crippen molar-refractivity contribution in [3.63, 3.8) is 0 Å². The van der Waals surface area contributed by atoms with E-state index >= 15 is 0 Å². The SMILES string of the molecule is N=CN.O=C(O)c1ccccc1. The summed E-state index contributed by atoms with van der Waals surface area (Å²) in [6.45, 7) is 0. The van der Waals surface area contributed by atoms with Gasteiger partial charge in [0.25, 0.3) is 0 Å². The Balaban J connectivity index is 0.000000354. The van der Waals surface area contributed by atoms with Crippen LogP contribution in [0.3, 0.4) is 0 Å². The molecule has 1 aromatic rings. The zero-order chi connectivity index (χ0) is 9.40. The maximum Gasteiger partial charge on any atom is 0.335 e. The minimum atomic E-state index is -0.879. The number of carboxylic acids is 1. The molecule has 0 saturated carbocycles. The molecule has 4 N–H and O–H groups in total. The van der Waals surface area contributed by atoms with E-state index in [-0.39, 0.29) is 0 Å². The van der Waals surface area contributed by atoms with Crippen LogP contribution in [0.2, 0.25) is 0 Å². The second-order valence-electron chi connectivity index (χ2n) is 1.84. The Morgan fingerprint density at radius 1 is 1.42 bits per heavy atom. The van der Waals surface area contributed by atoms with E-state index in [2.05, 4.69) is 5.73 Å². The molecule has 0 fully saturated rings. The van der Waals surface area contributed by atoms with Crippen LogP contribution < -0.4 is 5.73 Å². The summed E-state index contributed by atoms with van der Waals surface area (Å²) in [5, 5.41) is 14.2. The van der Waals surface area contributed by atoms with Crippen molar-refractivity contribution < 1.29 is 9.90 Å². The van der Waals surface area contributed by atoms with Crippen molar-refractivity contribution in [1.82, 2.24) is 0 Å². The number of aromatic carboxylic acids is 1. The van der Waals surface area contributed by atoms with Gasteiger partial charge in [0.15, 0.2) is 0 Å². The maximum atomic E-state index is 10.2. The van der Waals surface area contributed by atoms with Crippen molar-refractivity contribution in [2.24, 2.45) is 5.73 Å². The molecule has 0 aromatic heterocycles. The van der Waals surface area contributed by atoms with E-state index in [4.69, 9.17) is 10.5 Å². The molecule has 0 heterocycles. The quantitative estimate of drug-likeness (QED) is 0.428. The largest absolute Gasteiger partial charge is 0.478 e. The molecule has 0 unspecified atom stereocenters. The Kier molecular flexibility index (Phi) is 5.00. The van der Waals surface area contributed by atoms with E-state index in [1.807, 2.05) is 0 Å². The molecule has 64 valence electrons. The second kappa shape index (κ2) is 5.91. The van der Waals surface area contributed by atoms with Crippen LogP contribution in [0.4, 0.5) is 0 Å². The summed E-state index contributed by atoms with van der Waals surface area (Å²) in [7, 11) is 0. The molecule has 0 saturated heterocycles. The van der Waals surface area contributed by atoms with Crippen molar-refractivity contribution in [3.05, 3.63) is 35.9 Å². The molecule has 0 aliphatic carbocycles. The molecular formula is C8H10N2O2. The summed E-state index contributed by atoms with van der Waals surface area (Å²) in [6, 6.07) is 8.30. The molecular weight excluding hydrogens is 156 g/mol. The number of nitrogens with two attached hydrogens (primary N) is 1. The lowest BCUT2D eigenvalue weighted by molar-refractivity contribution is 0.0697. The predicted octanol–water partition coefficient (Wildman–Crippen LogP) is 0.937. The van der Waals surface area contributed by atoms with Gasteiger partial charge in [-0.3, -0.25) is 5.41 Å². The number of nitrogens with one attached hydrogen (secondary N) is 1. The van der Waals surface area contributed by atoms with Crippen LogP contribution >= 0.6 is 0 Å². The molecule has 12 heavy (non-hydrogen) atoms. The topological polar surface area (TPSA) is 87.2 Å². The highest BCUT2D eigenvalue weighted by molar-refractivity contribution is 5.87. The zero-order valence-corrected chi connectivity index (χ0v) is 6.40. The average molecular weight is 166 g/mol. The Bertz CT molecular complexity index is 246. The van der Waals surface area contributed by atoms with Crippen LogP contribution in [0.5, 0.6) is 0 Å². The fourth-order valence-electron chi connectivity index (χ4n) is 0.581. The maximum absolute atomic E-state index is 10.2. The average Bonchev–Trinajstić information content (AvgIpc) is 2.07. The van der Waals surface area contributed by atoms with E-state index in [9.17, 15) is 4.79 Å². The first-order valence-corrected chi connectivity index (χ1v) is 3.21. The van der Waals surface area contributed by atoms with Gasteiger partial charge in [-0.2, -0.15) is 0 Å². The van der Waals surface area contributed by atoms with Gasteiger partial charge < -0.3 is 10.8 Å². The van der Waals surface area contributed by atoms with Crippen molar-refractivity contribution in [2.75, 3.05) is 0 Å². The van der Waals surface area contributed by atoms with Crippen molar-refractivity contribution in [1.29, 1.82) is 5.41 Å². The first-order valence-electron chi connectivity index (χ1n) is 3.21. The second-order valence-corrected chi connectivity index (χ2v) is 1.84. The number of hydrogen-bond acceptors (Lipinski definition) is 2. The van der Waals surface area contributed by atoms with Crippen LogP contribution in [0.25, 0.3) is 0 Å². The lowest BCUT2D eigenvalue weighted by atomic mass is 10.2. The third kappa shape index (κ3) is 4.05. The molecule has 0 aliphatic heterocycles. The van der Waals surface area contributed by atoms with Crippen molar-refractivity contribution in [2.45, 2.75) is 0 Å². The smallest absolute Gasteiger partial charge is 0.335 e. The normalized spacial score (nSPS) is 7.67. The van der Waals surface area contributed by atoms with Crippen molar-refractivity contribution in [3.8, 4) is 0 Å². The fourth-order valence-corrected chi connectivity index (χ4v) is 0.581. The lowest BCUT2D eigenvalue weighted by Gasteiger charge is -1.88. The highest BCUT2D eigenvalue weighted by Gasteiger charge is 1.96. The lowest BCUT2D eigenvalue weighted by Crippen LogP contribution is -1.93. The Hall–Kier alpha value is -1.84. The molecule has 4 heteroatoms. The van der Waals surface area contributed by atoms with Gasteiger partial charge in [0.2, 0.25) is 0 Å². The van der Waals surface area contributed by atoms with Crippen LogP contribution in [-0.2, 0) is 0 Å². The van der Waals surface area contributed by atoms with E-state index in [0.717, 1.165) is 6.34 Å². The van der Waals surface area contributed by atoms with Gasteiger partial charge in [-0.05, 0) is 12.1 Å². The summed E-state index contributed by atoms with van der Waals surface area (Å²) >= 11 is 0. The number of rotatable bonds is 1. The third-order valence-corrected chi connectivity index (χ3v) is 1.02.